The molecule has 0 aromatic heterocycles. The van der Waals surface area contributed by atoms with Crippen LogP contribution in [-0.4, -0.2) is 0 Å². The van der Waals surface area contributed by atoms with E-state index in [1.807, 2.05) is 72.8 Å². The summed E-state index contributed by atoms with van der Waals surface area (Å²) in [5, 5.41) is 6.53. The first kappa shape index (κ1) is 50.7. The maximum Gasteiger partial charge on any atom is 0.0477 e. The Labute approximate surface area is 480 Å². The molecule has 0 N–H and O–H groups in total. The van der Waals surface area contributed by atoms with Crippen LogP contribution in [0.2, 0.25) is 0 Å². The van der Waals surface area contributed by atoms with Gasteiger partial charge < -0.3 is 0 Å². The number of rotatable bonds is 8. The summed E-state index contributed by atoms with van der Waals surface area (Å²) in [4.78, 5) is 0. The fourth-order valence-corrected chi connectivity index (χ4v) is 11.9. The van der Waals surface area contributed by atoms with Gasteiger partial charge in [0.15, 0.2) is 0 Å². The van der Waals surface area contributed by atoms with E-state index in [1.165, 1.54) is 0 Å². The van der Waals surface area contributed by atoms with Gasteiger partial charge in [-0.05, 0) is 176 Å². The lowest BCUT2D eigenvalue weighted by molar-refractivity contribution is 1.51. The predicted octanol–water partition coefficient (Wildman–Crippen LogP) is 18.3. The Hall–Kier alpha value is -12.1. The highest BCUT2D eigenvalue weighted by molar-refractivity contribution is 6.24. The van der Waals surface area contributed by atoms with Gasteiger partial charge in [0, 0.05) is 44.5 Å². The first-order chi connectivity index (χ1) is 40.3. The van der Waals surface area contributed by atoms with E-state index in [0.29, 0.717) is 44.5 Å². The van der Waals surface area contributed by atoms with Gasteiger partial charge >= 0.3 is 0 Å². The lowest BCUT2D eigenvalue weighted by Crippen LogP contribution is -1.98. The Bertz CT molecular complexity index is 4920. The van der Waals surface area contributed by atoms with Crippen LogP contribution in [0.5, 0.6) is 0 Å². The molecule has 0 saturated carbocycles. The molecule has 0 aliphatic heterocycles. The van der Waals surface area contributed by atoms with Gasteiger partial charge in [0.25, 0.3) is 0 Å². The number of fused-ring (bicyclic) bond motifs is 3. The summed E-state index contributed by atoms with van der Waals surface area (Å²) in [7, 11) is 0. The molecule has 0 heterocycles. The van der Waals surface area contributed by atoms with Crippen LogP contribution in [0, 0.1) is 98.8 Å². The molecule has 0 bridgehead atoms. The SMILES string of the molecule is C#Cc1ccc(-c2c3ccccc3c(-c3ccc(-c4cc(-c5cccc(-c6cccc(C#C)c6C#C)c5)cc(-c5c(-c6cccc(C#C)c6C#C)cccc5-c5cccc(C#C)c5C#C)c4)c4ccccc34)c3ccccc23)cc1C#C. The minimum atomic E-state index is 0.606. The summed E-state index contributed by atoms with van der Waals surface area (Å²) < 4.78 is 0. The fraction of sp³-hybridized carbons (Fsp3) is 0. The number of benzene rings is 12. The maximum atomic E-state index is 6.38. The average Bonchev–Trinajstić information content (AvgIpc) is 2.79. The molecule has 0 aliphatic carbocycles. The number of hydrogen-bond acceptors (Lipinski definition) is 0. The van der Waals surface area contributed by atoms with Crippen LogP contribution in [0.3, 0.4) is 0 Å². The van der Waals surface area contributed by atoms with Crippen LogP contribution in [-0.2, 0) is 0 Å². The van der Waals surface area contributed by atoms with Crippen molar-refractivity contribution < 1.29 is 0 Å². The lowest BCUT2D eigenvalue weighted by atomic mass is 9.81. The van der Waals surface area contributed by atoms with Crippen molar-refractivity contribution in [2.75, 3.05) is 0 Å². The number of hydrogen-bond donors (Lipinski definition) is 0. The van der Waals surface area contributed by atoms with Crippen molar-refractivity contribution in [1.29, 1.82) is 0 Å². The molecule has 82 heavy (non-hydrogen) atoms. The molecule has 12 aromatic rings. The van der Waals surface area contributed by atoms with Gasteiger partial charge in [-0.1, -0.05) is 211 Å². The van der Waals surface area contributed by atoms with E-state index >= 15 is 0 Å². The highest BCUT2D eigenvalue weighted by Crippen LogP contribution is 2.49. The van der Waals surface area contributed by atoms with Gasteiger partial charge in [-0.15, -0.1) is 51.4 Å². The van der Waals surface area contributed by atoms with Crippen molar-refractivity contribution in [2.24, 2.45) is 0 Å². The summed E-state index contributed by atoms with van der Waals surface area (Å²) in [5.41, 5.74) is 20.2. The zero-order valence-corrected chi connectivity index (χ0v) is 44.4. The standard InChI is InChI=1S/C82H44/c1-9-53-44-45-60(48-57(53)13-5)80-75-35-19-21-37-77(75)82(78-38-22-20-36-76(78)80)79-47-46-68(71-33-17-18-34-72(71)79)62-50-61(58-31-23-32-59(49-58)67-39-24-28-54(10-2)64(67)14-6)51-63(52-62)81-73(69-40-25-29-55(11-3)65(69)15-7)42-27-43-74(81)70-41-26-30-56(12-4)66(70)16-8/h1-8,17-52H. The summed E-state index contributed by atoms with van der Waals surface area (Å²) in [6.07, 6.45) is 49.2. The highest BCUT2D eigenvalue weighted by Gasteiger charge is 2.24. The molecule has 0 fully saturated rings. The minimum Gasteiger partial charge on any atom is -0.115 e. The third-order valence-corrected chi connectivity index (χ3v) is 15.5. The van der Waals surface area contributed by atoms with Gasteiger partial charge in [-0.25, -0.2) is 0 Å². The molecule has 0 nitrogen and oxygen atoms in total. The Morgan fingerprint density at radius 2 is 0.585 bits per heavy atom. The quantitative estimate of drug-likeness (QED) is 0.105. The van der Waals surface area contributed by atoms with Gasteiger partial charge in [0.2, 0.25) is 0 Å². The van der Waals surface area contributed by atoms with E-state index in [2.05, 4.69) is 193 Å². The van der Waals surface area contributed by atoms with Gasteiger partial charge in [-0.3, -0.25) is 0 Å². The van der Waals surface area contributed by atoms with E-state index < -0.39 is 0 Å². The highest BCUT2D eigenvalue weighted by atomic mass is 14.3. The monoisotopic (exact) mass is 1030 g/mol. The Morgan fingerprint density at radius 1 is 0.183 bits per heavy atom. The topological polar surface area (TPSA) is 0 Å². The molecule has 0 spiro atoms. The first-order valence-electron chi connectivity index (χ1n) is 26.5. The van der Waals surface area contributed by atoms with Crippen LogP contribution in [0.25, 0.3) is 121 Å². The largest absolute Gasteiger partial charge is 0.115 e. The molecule has 12 aromatic carbocycles. The molecule has 372 valence electrons. The Balaban J connectivity index is 1.16. The number of terminal acetylenes is 8. The normalized spacial score (nSPS) is 10.6. The summed E-state index contributed by atoms with van der Waals surface area (Å²) in [6.45, 7) is 0. The van der Waals surface area contributed by atoms with E-state index in [-0.39, 0.29) is 0 Å². The second kappa shape index (κ2) is 21.4. The van der Waals surface area contributed by atoms with Crippen LogP contribution in [0.15, 0.2) is 218 Å². The van der Waals surface area contributed by atoms with Crippen molar-refractivity contribution in [3.8, 4) is 188 Å². The molecule has 0 amide bonds. The summed E-state index contributed by atoms with van der Waals surface area (Å²) in [6, 6.07) is 75.3. The second-order valence-corrected chi connectivity index (χ2v) is 19.8. The summed E-state index contributed by atoms with van der Waals surface area (Å²) >= 11 is 0. The van der Waals surface area contributed by atoms with Gasteiger partial charge in [0.05, 0.1) is 0 Å². The van der Waals surface area contributed by atoms with E-state index in [1.54, 1.807) is 0 Å². The van der Waals surface area contributed by atoms with Crippen molar-refractivity contribution in [3.63, 3.8) is 0 Å². The van der Waals surface area contributed by atoms with Crippen LogP contribution < -0.4 is 0 Å². The smallest absolute Gasteiger partial charge is 0.0477 e. The van der Waals surface area contributed by atoms with Gasteiger partial charge in [0.1, 0.15) is 0 Å². The van der Waals surface area contributed by atoms with E-state index in [0.717, 1.165) is 121 Å². The zero-order valence-electron chi connectivity index (χ0n) is 44.4. The first-order valence-corrected chi connectivity index (χ1v) is 26.5. The molecule has 0 saturated heterocycles. The molecule has 0 radical (unpaired) electrons. The van der Waals surface area contributed by atoms with Crippen molar-refractivity contribution in [3.05, 3.63) is 263 Å². The molecule has 12 rings (SSSR count). The molecule has 0 heteroatoms. The van der Waals surface area contributed by atoms with Crippen molar-refractivity contribution >= 4 is 32.3 Å². The Morgan fingerprint density at radius 3 is 1.12 bits per heavy atom. The predicted molar refractivity (Wildman–Crippen MR) is 346 cm³/mol. The third kappa shape index (κ3) is 8.52. The molecule has 0 aliphatic rings. The Kier molecular flexibility index (Phi) is 13.2. The molecule has 0 unspecified atom stereocenters. The zero-order chi connectivity index (χ0) is 56.4. The van der Waals surface area contributed by atoms with Gasteiger partial charge in [-0.2, -0.15) is 0 Å². The van der Waals surface area contributed by atoms with Crippen LogP contribution in [0.1, 0.15) is 44.5 Å². The fourth-order valence-electron chi connectivity index (χ4n) is 11.9. The van der Waals surface area contributed by atoms with E-state index in [9.17, 15) is 0 Å². The van der Waals surface area contributed by atoms with E-state index in [4.69, 9.17) is 51.4 Å². The molecular weight excluding hydrogens is 985 g/mol. The maximum absolute atomic E-state index is 6.38. The van der Waals surface area contributed by atoms with Crippen molar-refractivity contribution in [1.82, 2.24) is 0 Å². The third-order valence-electron chi connectivity index (χ3n) is 15.5. The molecular formula is C82H44. The second-order valence-electron chi connectivity index (χ2n) is 19.8. The molecule has 0 atom stereocenters. The lowest BCUT2D eigenvalue weighted by Gasteiger charge is -2.22. The minimum absolute atomic E-state index is 0.606. The van der Waals surface area contributed by atoms with Crippen LogP contribution >= 0.6 is 0 Å². The van der Waals surface area contributed by atoms with Crippen LogP contribution in [0.4, 0.5) is 0 Å². The average molecular weight is 1030 g/mol. The van der Waals surface area contributed by atoms with Crippen molar-refractivity contribution in [2.45, 2.75) is 0 Å². The summed E-state index contributed by atoms with van der Waals surface area (Å²) in [5.74, 6) is 22.8.